The van der Waals surface area contributed by atoms with Gasteiger partial charge in [0.25, 0.3) is 0 Å². The van der Waals surface area contributed by atoms with Crippen molar-refractivity contribution >= 4 is 12.4 Å². The van der Waals surface area contributed by atoms with Crippen LogP contribution in [0, 0.1) is 11.7 Å². The molecule has 1 N–H and O–H groups in total. The minimum atomic E-state index is -0.249. The molecule has 1 heterocycles. The van der Waals surface area contributed by atoms with E-state index in [9.17, 15) is 4.39 Å². The molecule has 1 aromatic rings. The third-order valence-corrected chi connectivity index (χ3v) is 4.41. The van der Waals surface area contributed by atoms with Crippen molar-refractivity contribution in [1.82, 2.24) is 10.2 Å². The Morgan fingerprint density at radius 1 is 1.33 bits per heavy atom. The molecule has 0 spiro atoms. The minimum Gasteiger partial charge on any atom is -0.493 e. The van der Waals surface area contributed by atoms with Gasteiger partial charge in [-0.15, -0.1) is 12.4 Å². The molecule has 0 radical (unpaired) electrons. The van der Waals surface area contributed by atoms with Crippen LogP contribution < -0.4 is 10.1 Å². The lowest BCUT2D eigenvalue weighted by Crippen LogP contribution is -2.45. The first-order chi connectivity index (χ1) is 9.79. The number of methoxy groups -OCH3 is 1. The number of rotatable bonds is 5. The number of ether oxygens (including phenoxy) is 1. The van der Waals surface area contributed by atoms with E-state index in [4.69, 9.17) is 4.74 Å². The average molecular weight is 315 g/mol. The Balaban J connectivity index is 0.00000161. The van der Waals surface area contributed by atoms with Gasteiger partial charge in [0.15, 0.2) is 11.6 Å². The van der Waals surface area contributed by atoms with Crippen LogP contribution in [0.25, 0.3) is 0 Å². The lowest BCUT2D eigenvalue weighted by Gasteiger charge is -2.36. The van der Waals surface area contributed by atoms with E-state index in [1.807, 2.05) is 6.07 Å². The first kappa shape index (κ1) is 16.5. The van der Waals surface area contributed by atoms with E-state index < -0.39 is 0 Å². The van der Waals surface area contributed by atoms with Gasteiger partial charge in [-0.2, -0.15) is 0 Å². The first-order valence-electron chi connectivity index (χ1n) is 7.56. The lowest BCUT2D eigenvalue weighted by atomic mass is 9.97. The SMILES string of the molecule is COc1c(F)cccc1[C@@H](CC1CC1)N1CCNCC1.Cl. The Hall–Kier alpha value is -0.840. The zero-order chi connectivity index (χ0) is 13.9. The van der Waals surface area contributed by atoms with Gasteiger partial charge in [-0.1, -0.05) is 25.0 Å². The van der Waals surface area contributed by atoms with E-state index in [-0.39, 0.29) is 24.3 Å². The Bertz CT molecular complexity index is 462. The van der Waals surface area contributed by atoms with Crippen LogP contribution >= 0.6 is 12.4 Å². The smallest absolute Gasteiger partial charge is 0.165 e. The fourth-order valence-electron chi connectivity index (χ4n) is 3.14. The Labute approximate surface area is 132 Å². The number of piperazine rings is 1. The summed E-state index contributed by atoms with van der Waals surface area (Å²) in [5.74, 6) is 0.987. The van der Waals surface area contributed by atoms with Gasteiger partial charge in [-0.3, -0.25) is 4.90 Å². The van der Waals surface area contributed by atoms with Gasteiger partial charge in [0.2, 0.25) is 0 Å². The van der Waals surface area contributed by atoms with Crippen LogP contribution in [0.4, 0.5) is 4.39 Å². The first-order valence-corrected chi connectivity index (χ1v) is 7.56. The second-order valence-corrected chi connectivity index (χ2v) is 5.84. The van der Waals surface area contributed by atoms with E-state index in [0.717, 1.165) is 44.1 Å². The lowest BCUT2D eigenvalue weighted by molar-refractivity contribution is 0.157. The molecule has 2 aliphatic rings. The Morgan fingerprint density at radius 2 is 2.05 bits per heavy atom. The van der Waals surface area contributed by atoms with Crippen LogP contribution in [0.5, 0.6) is 5.75 Å². The highest BCUT2D eigenvalue weighted by Gasteiger charge is 2.32. The molecular formula is C16H24ClFN2O. The largest absolute Gasteiger partial charge is 0.493 e. The fraction of sp³-hybridized carbons (Fsp3) is 0.625. The van der Waals surface area contributed by atoms with Crippen molar-refractivity contribution in [2.24, 2.45) is 5.92 Å². The molecule has 0 bridgehead atoms. The second kappa shape index (κ2) is 7.43. The van der Waals surface area contributed by atoms with Crippen LogP contribution in [0.1, 0.15) is 30.9 Å². The molecule has 5 heteroatoms. The van der Waals surface area contributed by atoms with E-state index in [1.54, 1.807) is 13.2 Å². The average Bonchev–Trinajstić information content (AvgIpc) is 3.29. The Kier molecular flexibility index (Phi) is 5.85. The molecule has 21 heavy (non-hydrogen) atoms. The number of benzene rings is 1. The van der Waals surface area contributed by atoms with Gasteiger partial charge in [0.1, 0.15) is 0 Å². The number of halogens is 2. The van der Waals surface area contributed by atoms with Crippen LogP contribution in [-0.2, 0) is 0 Å². The van der Waals surface area contributed by atoms with Crippen LogP contribution in [0.15, 0.2) is 18.2 Å². The van der Waals surface area contributed by atoms with Crippen molar-refractivity contribution in [3.05, 3.63) is 29.6 Å². The molecule has 0 unspecified atom stereocenters. The van der Waals surface area contributed by atoms with Crippen molar-refractivity contribution in [3.8, 4) is 5.75 Å². The van der Waals surface area contributed by atoms with Crippen LogP contribution in [0.2, 0.25) is 0 Å². The number of nitrogens with zero attached hydrogens (tertiary/aromatic N) is 1. The zero-order valence-corrected chi connectivity index (χ0v) is 13.3. The van der Waals surface area contributed by atoms with Gasteiger partial charge in [0, 0.05) is 37.8 Å². The van der Waals surface area contributed by atoms with Crippen molar-refractivity contribution < 1.29 is 9.13 Å². The molecule has 1 aliphatic heterocycles. The van der Waals surface area contributed by atoms with E-state index in [0.29, 0.717) is 5.75 Å². The van der Waals surface area contributed by atoms with E-state index in [2.05, 4.69) is 10.2 Å². The molecule has 1 saturated heterocycles. The monoisotopic (exact) mass is 314 g/mol. The van der Waals surface area contributed by atoms with Crippen molar-refractivity contribution in [2.75, 3.05) is 33.3 Å². The van der Waals surface area contributed by atoms with Gasteiger partial charge in [0.05, 0.1) is 7.11 Å². The quantitative estimate of drug-likeness (QED) is 0.904. The van der Waals surface area contributed by atoms with Crippen molar-refractivity contribution in [3.63, 3.8) is 0 Å². The molecule has 118 valence electrons. The van der Waals surface area contributed by atoms with Gasteiger partial charge >= 0.3 is 0 Å². The summed E-state index contributed by atoms with van der Waals surface area (Å²) in [6.07, 6.45) is 3.76. The van der Waals surface area contributed by atoms with Gasteiger partial charge < -0.3 is 10.1 Å². The summed E-state index contributed by atoms with van der Waals surface area (Å²) in [5.41, 5.74) is 1.02. The predicted octanol–water partition coefficient (Wildman–Crippen LogP) is 3.00. The highest BCUT2D eigenvalue weighted by Crippen LogP contribution is 2.42. The molecular weight excluding hydrogens is 291 g/mol. The summed E-state index contributed by atoms with van der Waals surface area (Å²) in [6, 6.07) is 5.59. The van der Waals surface area contributed by atoms with Crippen molar-refractivity contribution in [1.29, 1.82) is 0 Å². The number of para-hydroxylation sites is 1. The summed E-state index contributed by atoms with van der Waals surface area (Å²) >= 11 is 0. The molecule has 3 nitrogen and oxygen atoms in total. The molecule has 1 aliphatic carbocycles. The summed E-state index contributed by atoms with van der Waals surface area (Å²) < 4.78 is 19.3. The van der Waals surface area contributed by atoms with Gasteiger partial charge in [-0.25, -0.2) is 4.39 Å². The summed E-state index contributed by atoms with van der Waals surface area (Å²) in [7, 11) is 1.56. The maximum Gasteiger partial charge on any atom is 0.165 e. The zero-order valence-electron chi connectivity index (χ0n) is 12.5. The molecule has 1 saturated carbocycles. The number of nitrogens with one attached hydrogen (secondary N) is 1. The minimum absolute atomic E-state index is 0. The van der Waals surface area contributed by atoms with Crippen LogP contribution in [-0.4, -0.2) is 38.2 Å². The highest BCUT2D eigenvalue weighted by molar-refractivity contribution is 5.85. The van der Waals surface area contributed by atoms with Crippen molar-refractivity contribution in [2.45, 2.75) is 25.3 Å². The number of hydrogen-bond acceptors (Lipinski definition) is 3. The Morgan fingerprint density at radius 3 is 2.67 bits per heavy atom. The predicted molar refractivity (Wildman–Crippen MR) is 84.7 cm³/mol. The second-order valence-electron chi connectivity index (χ2n) is 5.84. The number of hydrogen-bond donors (Lipinski definition) is 1. The maximum atomic E-state index is 14.0. The molecule has 1 atom stereocenters. The third-order valence-electron chi connectivity index (χ3n) is 4.41. The third kappa shape index (κ3) is 3.87. The molecule has 1 aromatic carbocycles. The molecule has 2 fully saturated rings. The van der Waals surface area contributed by atoms with Gasteiger partial charge in [-0.05, 0) is 18.4 Å². The summed E-state index contributed by atoms with van der Waals surface area (Å²) in [4.78, 5) is 2.48. The van der Waals surface area contributed by atoms with E-state index in [1.165, 1.54) is 18.9 Å². The maximum absolute atomic E-state index is 14.0. The summed E-state index contributed by atoms with van der Waals surface area (Å²) in [6.45, 7) is 4.08. The standard InChI is InChI=1S/C16H23FN2O.ClH/c1-20-16-13(3-2-4-14(16)17)15(11-12-5-6-12)19-9-7-18-8-10-19;/h2-4,12,15,18H,5-11H2,1H3;1H/t15-;/m1./s1. The van der Waals surface area contributed by atoms with E-state index >= 15 is 0 Å². The summed E-state index contributed by atoms with van der Waals surface area (Å²) in [5, 5.41) is 3.38. The normalized spacial score (nSPS) is 20.7. The fourth-order valence-corrected chi connectivity index (χ4v) is 3.14. The molecule has 3 rings (SSSR count). The topological polar surface area (TPSA) is 24.5 Å². The highest BCUT2D eigenvalue weighted by atomic mass is 35.5. The van der Waals surface area contributed by atoms with Crippen LogP contribution in [0.3, 0.4) is 0 Å². The molecule has 0 amide bonds. The molecule has 0 aromatic heterocycles.